The van der Waals surface area contributed by atoms with E-state index in [2.05, 4.69) is 39.7 Å². The number of aromatic nitrogens is 1. The molecule has 1 fully saturated rings. The summed E-state index contributed by atoms with van der Waals surface area (Å²) in [6.45, 7) is 5.81. The first-order valence-corrected chi connectivity index (χ1v) is 6.17. The third kappa shape index (κ3) is 2.47. The van der Waals surface area contributed by atoms with E-state index in [4.69, 9.17) is 10.5 Å². The van der Waals surface area contributed by atoms with Crippen LogP contribution in [0.5, 0.6) is 0 Å². The van der Waals surface area contributed by atoms with Crippen LogP contribution in [0.25, 0.3) is 0 Å². The summed E-state index contributed by atoms with van der Waals surface area (Å²) in [5.41, 5.74) is 6.67. The standard InChI is InChI=1S/C11H16BrN3O/c1-7-5-15(6-8(2)16-7)11-10(13)3-9(12)4-14-11/h3-4,7-8H,5-6,13H2,1-2H3/t7-,8+. The van der Waals surface area contributed by atoms with Crippen LogP contribution in [0.3, 0.4) is 0 Å². The molecule has 88 valence electrons. The van der Waals surface area contributed by atoms with Gasteiger partial charge in [-0.25, -0.2) is 4.98 Å². The fraction of sp³-hybridized carbons (Fsp3) is 0.545. The molecule has 2 rings (SSSR count). The van der Waals surface area contributed by atoms with Crippen LogP contribution in [0.1, 0.15) is 13.8 Å². The third-order valence-corrected chi connectivity index (χ3v) is 3.01. The van der Waals surface area contributed by atoms with Crippen LogP contribution in [0, 0.1) is 0 Å². The molecule has 0 spiro atoms. The predicted octanol–water partition coefficient (Wildman–Crippen LogP) is 2.04. The van der Waals surface area contributed by atoms with E-state index in [1.54, 1.807) is 6.20 Å². The average Bonchev–Trinajstić information content (AvgIpc) is 2.15. The molecule has 2 atom stereocenters. The molecule has 0 amide bonds. The van der Waals surface area contributed by atoms with Gasteiger partial charge in [-0.1, -0.05) is 0 Å². The Hall–Kier alpha value is -0.810. The Labute approximate surface area is 104 Å². The second-order valence-electron chi connectivity index (χ2n) is 4.23. The second-order valence-corrected chi connectivity index (χ2v) is 5.14. The summed E-state index contributed by atoms with van der Waals surface area (Å²) in [6.07, 6.45) is 2.21. The zero-order chi connectivity index (χ0) is 11.7. The summed E-state index contributed by atoms with van der Waals surface area (Å²) in [5, 5.41) is 0. The molecular formula is C11H16BrN3O. The average molecular weight is 286 g/mol. The molecule has 0 saturated carbocycles. The number of ether oxygens (including phenoxy) is 1. The molecule has 4 nitrogen and oxygen atoms in total. The zero-order valence-electron chi connectivity index (χ0n) is 9.48. The highest BCUT2D eigenvalue weighted by molar-refractivity contribution is 9.10. The molecule has 1 aliphatic rings. The number of morpholine rings is 1. The van der Waals surface area contributed by atoms with E-state index in [9.17, 15) is 0 Å². The van der Waals surface area contributed by atoms with Crippen molar-refractivity contribution in [2.45, 2.75) is 26.1 Å². The van der Waals surface area contributed by atoms with E-state index in [1.165, 1.54) is 0 Å². The lowest BCUT2D eigenvalue weighted by Gasteiger charge is -2.36. The first-order valence-electron chi connectivity index (χ1n) is 5.37. The number of nitrogen functional groups attached to an aromatic ring is 1. The van der Waals surface area contributed by atoms with Crippen LogP contribution in [0.2, 0.25) is 0 Å². The molecule has 1 aromatic rings. The maximum atomic E-state index is 5.97. The summed E-state index contributed by atoms with van der Waals surface area (Å²) < 4.78 is 6.59. The molecule has 0 unspecified atom stereocenters. The van der Waals surface area contributed by atoms with Crippen molar-refractivity contribution in [3.8, 4) is 0 Å². The number of nitrogens with two attached hydrogens (primary N) is 1. The Bertz CT molecular complexity index is 375. The van der Waals surface area contributed by atoms with Gasteiger partial charge >= 0.3 is 0 Å². The lowest BCUT2D eigenvalue weighted by Crippen LogP contribution is -2.46. The van der Waals surface area contributed by atoms with Gasteiger partial charge in [0.05, 0.1) is 17.9 Å². The van der Waals surface area contributed by atoms with Gasteiger partial charge in [-0.2, -0.15) is 0 Å². The van der Waals surface area contributed by atoms with Crippen molar-refractivity contribution in [3.05, 3.63) is 16.7 Å². The van der Waals surface area contributed by atoms with E-state index >= 15 is 0 Å². The summed E-state index contributed by atoms with van der Waals surface area (Å²) in [5.74, 6) is 0.852. The Morgan fingerprint density at radius 3 is 2.62 bits per heavy atom. The number of nitrogens with zero attached hydrogens (tertiary/aromatic N) is 2. The monoisotopic (exact) mass is 285 g/mol. The third-order valence-electron chi connectivity index (χ3n) is 2.58. The zero-order valence-corrected chi connectivity index (χ0v) is 11.1. The molecular weight excluding hydrogens is 270 g/mol. The fourth-order valence-electron chi connectivity index (χ4n) is 2.06. The number of hydrogen-bond acceptors (Lipinski definition) is 4. The number of pyridine rings is 1. The minimum Gasteiger partial charge on any atom is -0.396 e. The van der Waals surface area contributed by atoms with Gasteiger partial charge in [0.2, 0.25) is 0 Å². The Balaban J connectivity index is 2.23. The summed E-state index contributed by atoms with van der Waals surface area (Å²) in [6, 6.07) is 1.88. The number of rotatable bonds is 1. The summed E-state index contributed by atoms with van der Waals surface area (Å²) in [4.78, 5) is 6.55. The van der Waals surface area contributed by atoms with Crippen molar-refractivity contribution in [2.24, 2.45) is 0 Å². The minimum atomic E-state index is 0.216. The molecule has 0 aromatic carbocycles. The van der Waals surface area contributed by atoms with Gasteiger partial charge in [-0.3, -0.25) is 0 Å². The first kappa shape index (κ1) is 11.7. The molecule has 1 aromatic heterocycles. The van der Waals surface area contributed by atoms with Gasteiger partial charge in [0.1, 0.15) is 0 Å². The quantitative estimate of drug-likeness (QED) is 0.858. The fourth-order valence-corrected chi connectivity index (χ4v) is 2.41. The summed E-state index contributed by atoms with van der Waals surface area (Å²) in [7, 11) is 0. The van der Waals surface area contributed by atoms with E-state index < -0.39 is 0 Å². The Morgan fingerprint density at radius 1 is 1.44 bits per heavy atom. The van der Waals surface area contributed by atoms with Gasteiger partial charge in [0, 0.05) is 23.8 Å². The minimum absolute atomic E-state index is 0.216. The van der Waals surface area contributed by atoms with Gasteiger partial charge in [-0.15, -0.1) is 0 Å². The van der Waals surface area contributed by atoms with Gasteiger partial charge in [0.25, 0.3) is 0 Å². The van der Waals surface area contributed by atoms with E-state index in [-0.39, 0.29) is 12.2 Å². The molecule has 5 heteroatoms. The molecule has 1 aliphatic heterocycles. The van der Waals surface area contributed by atoms with Crippen LogP contribution in [-0.4, -0.2) is 30.3 Å². The van der Waals surface area contributed by atoms with Gasteiger partial charge in [0.15, 0.2) is 5.82 Å². The molecule has 1 saturated heterocycles. The molecule has 0 radical (unpaired) electrons. The van der Waals surface area contributed by atoms with Crippen LogP contribution >= 0.6 is 15.9 Å². The lowest BCUT2D eigenvalue weighted by atomic mass is 10.2. The molecule has 2 heterocycles. The van der Waals surface area contributed by atoms with Crippen LogP contribution in [0.15, 0.2) is 16.7 Å². The van der Waals surface area contributed by atoms with E-state index in [0.717, 1.165) is 23.4 Å². The van der Waals surface area contributed by atoms with Crippen LogP contribution < -0.4 is 10.6 Å². The topological polar surface area (TPSA) is 51.4 Å². The normalized spacial score (nSPS) is 25.8. The van der Waals surface area contributed by atoms with Crippen molar-refractivity contribution in [1.82, 2.24) is 4.98 Å². The van der Waals surface area contributed by atoms with E-state index in [0.29, 0.717) is 5.69 Å². The van der Waals surface area contributed by atoms with Crippen molar-refractivity contribution in [2.75, 3.05) is 23.7 Å². The smallest absolute Gasteiger partial charge is 0.152 e. The predicted molar refractivity (Wildman–Crippen MR) is 68.6 cm³/mol. The van der Waals surface area contributed by atoms with Crippen molar-refractivity contribution >= 4 is 27.4 Å². The summed E-state index contributed by atoms with van der Waals surface area (Å²) >= 11 is 3.36. The maximum Gasteiger partial charge on any atom is 0.152 e. The highest BCUT2D eigenvalue weighted by Gasteiger charge is 2.24. The number of halogens is 1. The SMILES string of the molecule is C[C@@H]1CN(c2ncc(Br)cc2N)C[C@H](C)O1. The van der Waals surface area contributed by atoms with Crippen LogP contribution in [-0.2, 0) is 4.74 Å². The van der Waals surface area contributed by atoms with Gasteiger partial charge < -0.3 is 15.4 Å². The molecule has 2 N–H and O–H groups in total. The lowest BCUT2D eigenvalue weighted by molar-refractivity contribution is -0.00540. The van der Waals surface area contributed by atoms with Gasteiger partial charge in [-0.05, 0) is 35.8 Å². The molecule has 0 bridgehead atoms. The highest BCUT2D eigenvalue weighted by atomic mass is 79.9. The highest BCUT2D eigenvalue weighted by Crippen LogP contribution is 2.26. The Morgan fingerprint density at radius 2 is 2.06 bits per heavy atom. The van der Waals surface area contributed by atoms with Crippen molar-refractivity contribution in [3.63, 3.8) is 0 Å². The number of hydrogen-bond donors (Lipinski definition) is 1. The van der Waals surface area contributed by atoms with E-state index in [1.807, 2.05) is 6.07 Å². The Kier molecular flexibility index (Phi) is 3.35. The molecule has 0 aliphatic carbocycles. The maximum absolute atomic E-state index is 5.97. The van der Waals surface area contributed by atoms with Crippen molar-refractivity contribution < 1.29 is 4.74 Å². The molecule has 16 heavy (non-hydrogen) atoms. The van der Waals surface area contributed by atoms with Crippen molar-refractivity contribution in [1.29, 1.82) is 0 Å². The largest absolute Gasteiger partial charge is 0.396 e. The number of anilines is 2. The second kappa shape index (κ2) is 4.59. The van der Waals surface area contributed by atoms with Crippen LogP contribution in [0.4, 0.5) is 11.5 Å². The first-order chi connectivity index (χ1) is 7.56.